The topological polar surface area (TPSA) is 74.6 Å². The number of phenolic OH excluding ortho intramolecular Hbond substituents is 1. The highest BCUT2D eigenvalue weighted by atomic mass is 32.2. The summed E-state index contributed by atoms with van der Waals surface area (Å²) in [7, 11) is -1.37. The second-order valence-corrected chi connectivity index (χ2v) is 5.54. The molecule has 0 aliphatic heterocycles. The summed E-state index contributed by atoms with van der Waals surface area (Å²) in [6, 6.07) is 6.02. The molecule has 3 atom stereocenters. The Labute approximate surface area is 103 Å². The molecule has 0 saturated carbocycles. The molecule has 0 heterocycles. The zero-order valence-electron chi connectivity index (χ0n) is 9.79. The highest BCUT2D eigenvalue weighted by Gasteiger charge is 2.28. The molecule has 1 aromatic carbocycles. The van der Waals surface area contributed by atoms with Crippen LogP contribution in [0.5, 0.6) is 5.75 Å². The van der Waals surface area contributed by atoms with Crippen molar-refractivity contribution >= 4 is 16.8 Å². The number of phenols is 1. The van der Waals surface area contributed by atoms with Crippen LogP contribution in [-0.4, -0.2) is 25.6 Å². The minimum absolute atomic E-state index is 0.102. The van der Waals surface area contributed by atoms with Crippen LogP contribution in [0.25, 0.3) is 0 Å². The fourth-order valence-corrected chi connectivity index (χ4v) is 3.15. The van der Waals surface area contributed by atoms with Gasteiger partial charge < -0.3 is 10.2 Å². The maximum atomic E-state index is 12.2. The number of carboxylic acids is 1. The van der Waals surface area contributed by atoms with Crippen LogP contribution in [0.4, 0.5) is 0 Å². The lowest BCUT2D eigenvalue weighted by Crippen LogP contribution is -2.29. The lowest BCUT2D eigenvalue weighted by molar-refractivity contribution is -0.141. The normalized spacial score (nSPS) is 16.1. The highest BCUT2D eigenvalue weighted by Crippen LogP contribution is 2.22. The van der Waals surface area contributed by atoms with Gasteiger partial charge >= 0.3 is 5.97 Å². The number of carboxylic acid groups (broad SMARTS) is 1. The van der Waals surface area contributed by atoms with Gasteiger partial charge in [0, 0.05) is 4.90 Å². The van der Waals surface area contributed by atoms with Gasteiger partial charge in [-0.3, -0.25) is 9.00 Å². The van der Waals surface area contributed by atoms with Gasteiger partial charge in [-0.25, -0.2) is 0 Å². The van der Waals surface area contributed by atoms with Gasteiger partial charge in [0.05, 0.1) is 22.0 Å². The van der Waals surface area contributed by atoms with Crippen molar-refractivity contribution in [2.45, 2.75) is 30.4 Å². The smallest absolute Gasteiger partial charge is 0.307 e. The third-order valence-electron chi connectivity index (χ3n) is 2.69. The molecule has 1 aromatic rings. The van der Waals surface area contributed by atoms with Crippen molar-refractivity contribution in [2.24, 2.45) is 5.92 Å². The number of hydrogen-bond acceptors (Lipinski definition) is 3. The average molecular weight is 256 g/mol. The largest absolute Gasteiger partial charge is 0.508 e. The molecule has 0 radical (unpaired) electrons. The molecule has 0 spiro atoms. The van der Waals surface area contributed by atoms with Gasteiger partial charge in [0.2, 0.25) is 0 Å². The Morgan fingerprint density at radius 3 is 2.29 bits per heavy atom. The van der Waals surface area contributed by atoms with Crippen LogP contribution < -0.4 is 0 Å². The number of aromatic hydroxyl groups is 1. The van der Waals surface area contributed by atoms with Crippen LogP contribution in [-0.2, 0) is 15.6 Å². The SMILES string of the molecule is CCC(C(C)C(=O)O)S(=O)c1ccc(O)cc1. The molecule has 0 aromatic heterocycles. The van der Waals surface area contributed by atoms with Crippen LogP contribution >= 0.6 is 0 Å². The zero-order valence-corrected chi connectivity index (χ0v) is 10.6. The molecule has 94 valence electrons. The Bertz CT molecular complexity index is 413. The molecule has 0 bridgehead atoms. The molecule has 0 fully saturated rings. The van der Waals surface area contributed by atoms with E-state index in [4.69, 9.17) is 10.2 Å². The van der Waals surface area contributed by atoms with Crippen LogP contribution in [0.1, 0.15) is 20.3 Å². The molecule has 3 unspecified atom stereocenters. The summed E-state index contributed by atoms with van der Waals surface area (Å²) in [5.74, 6) is -1.50. The molecule has 17 heavy (non-hydrogen) atoms. The third-order valence-corrected chi connectivity index (χ3v) is 4.72. The maximum Gasteiger partial charge on any atom is 0.307 e. The summed E-state index contributed by atoms with van der Waals surface area (Å²) in [5.41, 5.74) is 0. The highest BCUT2D eigenvalue weighted by molar-refractivity contribution is 7.85. The van der Waals surface area contributed by atoms with E-state index in [1.807, 2.05) is 6.92 Å². The van der Waals surface area contributed by atoms with Crippen molar-refractivity contribution < 1.29 is 19.2 Å². The van der Waals surface area contributed by atoms with Crippen molar-refractivity contribution in [1.82, 2.24) is 0 Å². The minimum atomic E-state index is -1.37. The first kappa shape index (κ1) is 13.7. The van der Waals surface area contributed by atoms with Gasteiger partial charge in [-0.2, -0.15) is 0 Å². The molecule has 0 saturated heterocycles. The predicted molar refractivity (Wildman–Crippen MR) is 65.4 cm³/mol. The van der Waals surface area contributed by atoms with Crippen LogP contribution in [0, 0.1) is 5.92 Å². The molecule has 2 N–H and O–H groups in total. The standard InChI is InChI=1S/C12H16O4S/c1-3-11(8(2)12(14)15)17(16)10-6-4-9(13)5-7-10/h4-8,11,13H,3H2,1-2H3,(H,14,15). The number of benzene rings is 1. The predicted octanol–water partition coefficient (Wildman–Crippen LogP) is 2.00. The zero-order chi connectivity index (χ0) is 13.0. The van der Waals surface area contributed by atoms with E-state index in [1.165, 1.54) is 12.1 Å². The summed E-state index contributed by atoms with van der Waals surface area (Å²) in [5, 5.41) is 17.7. The van der Waals surface area contributed by atoms with Gasteiger partial charge in [0.25, 0.3) is 0 Å². The minimum Gasteiger partial charge on any atom is -0.508 e. The van der Waals surface area contributed by atoms with Crippen molar-refractivity contribution in [3.05, 3.63) is 24.3 Å². The maximum absolute atomic E-state index is 12.2. The quantitative estimate of drug-likeness (QED) is 0.845. The Morgan fingerprint density at radius 2 is 1.88 bits per heavy atom. The van der Waals surface area contributed by atoms with Crippen LogP contribution in [0.2, 0.25) is 0 Å². The molecule has 0 aliphatic rings. The Hall–Kier alpha value is -1.36. The van der Waals surface area contributed by atoms with Gasteiger partial charge in [-0.05, 0) is 30.7 Å². The van der Waals surface area contributed by atoms with E-state index in [2.05, 4.69) is 0 Å². The summed E-state index contributed by atoms with van der Waals surface area (Å²) in [6.45, 7) is 3.39. The van der Waals surface area contributed by atoms with E-state index < -0.39 is 27.9 Å². The molecule has 1 rings (SSSR count). The lowest BCUT2D eigenvalue weighted by atomic mass is 10.1. The van der Waals surface area contributed by atoms with Gasteiger partial charge in [-0.1, -0.05) is 13.8 Å². The Balaban J connectivity index is 2.93. The fraction of sp³-hybridized carbons (Fsp3) is 0.417. The third kappa shape index (κ3) is 3.30. The molecule has 5 heteroatoms. The van der Waals surface area contributed by atoms with Crippen molar-refractivity contribution in [2.75, 3.05) is 0 Å². The van der Waals surface area contributed by atoms with Gasteiger partial charge in [-0.15, -0.1) is 0 Å². The number of hydrogen-bond donors (Lipinski definition) is 2. The summed E-state index contributed by atoms with van der Waals surface area (Å²) < 4.78 is 12.2. The first-order valence-electron chi connectivity index (χ1n) is 5.39. The van der Waals surface area contributed by atoms with E-state index in [0.29, 0.717) is 11.3 Å². The summed E-state index contributed by atoms with van der Waals surface area (Å²) in [4.78, 5) is 11.5. The Morgan fingerprint density at radius 1 is 1.35 bits per heavy atom. The van der Waals surface area contributed by atoms with E-state index >= 15 is 0 Å². The average Bonchev–Trinajstić information content (AvgIpc) is 2.30. The molecular weight excluding hydrogens is 240 g/mol. The van der Waals surface area contributed by atoms with Crippen LogP contribution in [0.15, 0.2) is 29.2 Å². The van der Waals surface area contributed by atoms with Crippen molar-refractivity contribution in [3.8, 4) is 5.75 Å². The Kier molecular flexibility index (Phi) is 4.69. The van der Waals surface area contributed by atoms with E-state index in [-0.39, 0.29) is 5.75 Å². The van der Waals surface area contributed by atoms with E-state index in [9.17, 15) is 9.00 Å². The van der Waals surface area contributed by atoms with Crippen LogP contribution in [0.3, 0.4) is 0 Å². The van der Waals surface area contributed by atoms with Gasteiger partial charge in [0.15, 0.2) is 0 Å². The summed E-state index contributed by atoms with van der Waals surface area (Å²) >= 11 is 0. The fourth-order valence-electron chi connectivity index (χ4n) is 1.60. The molecule has 4 nitrogen and oxygen atoms in total. The number of aliphatic carboxylic acids is 1. The monoisotopic (exact) mass is 256 g/mol. The second kappa shape index (κ2) is 5.82. The van der Waals surface area contributed by atoms with E-state index in [1.54, 1.807) is 19.1 Å². The second-order valence-electron chi connectivity index (χ2n) is 3.86. The molecular formula is C12H16O4S. The molecule has 0 amide bonds. The van der Waals surface area contributed by atoms with Gasteiger partial charge in [0.1, 0.15) is 5.75 Å². The number of carbonyl (C=O) groups is 1. The van der Waals surface area contributed by atoms with E-state index in [0.717, 1.165) is 0 Å². The lowest BCUT2D eigenvalue weighted by Gasteiger charge is -2.18. The molecule has 0 aliphatic carbocycles. The first-order chi connectivity index (χ1) is 7.97. The number of rotatable bonds is 5. The van der Waals surface area contributed by atoms with Crippen molar-refractivity contribution in [1.29, 1.82) is 0 Å². The van der Waals surface area contributed by atoms with Crippen molar-refractivity contribution in [3.63, 3.8) is 0 Å². The first-order valence-corrected chi connectivity index (χ1v) is 6.61. The summed E-state index contributed by atoms with van der Waals surface area (Å²) in [6.07, 6.45) is 0.529.